The van der Waals surface area contributed by atoms with Gasteiger partial charge in [0.15, 0.2) is 0 Å². The number of hydrogen-bond donors (Lipinski definition) is 0. The molecule has 2 amide bonds. The van der Waals surface area contributed by atoms with Crippen molar-refractivity contribution in [3.63, 3.8) is 0 Å². The molecule has 0 aliphatic carbocycles. The second-order valence-corrected chi connectivity index (χ2v) is 7.79. The van der Waals surface area contributed by atoms with Gasteiger partial charge in [-0.15, -0.1) is 0 Å². The third-order valence-corrected chi connectivity index (χ3v) is 5.37. The van der Waals surface area contributed by atoms with Crippen LogP contribution in [0.15, 0.2) is 90.6 Å². The summed E-state index contributed by atoms with van der Waals surface area (Å²) < 4.78 is 0. The van der Waals surface area contributed by atoms with Crippen LogP contribution in [0.4, 0.5) is 11.4 Å². The van der Waals surface area contributed by atoms with Crippen molar-refractivity contribution in [3.05, 3.63) is 102 Å². The minimum atomic E-state index is -0.307. The number of anilines is 2. The average Bonchev–Trinajstić information content (AvgIpc) is 3.05. The molecular weight excluding hydrogens is 386 g/mol. The Hall–Kier alpha value is -3.86. The molecule has 1 aliphatic rings. The number of nitrogens with zero attached hydrogens (tertiary/aromatic N) is 3. The van der Waals surface area contributed by atoms with E-state index in [-0.39, 0.29) is 11.8 Å². The Bertz CT molecular complexity index is 1140. The highest BCUT2D eigenvalue weighted by Gasteiger charge is 2.41. The van der Waals surface area contributed by atoms with Gasteiger partial charge in [-0.1, -0.05) is 66.7 Å². The summed E-state index contributed by atoms with van der Waals surface area (Å²) in [6.07, 6.45) is 0. The molecule has 5 heteroatoms. The van der Waals surface area contributed by atoms with Crippen molar-refractivity contribution < 1.29 is 9.59 Å². The summed E-state index contributed by atoms with van der Waals surface area (Å²) in [5.74, 6) is -0.611. The fourth-order valence-corrected chi connectivity index (χ4v) is 3.82. The lowest BCUT2D eigenvalue weighted by molar-refractivity contribution is -0.120. The molecule has 0 atom stereocenters. The van der Waals surface area contributed by atoms with E-state index >= 15 is 0 Å². The van der Waals surface area contributed by atoms with Crippen molar-refractivity contribution in [1.82, 2.24) is 4.90 Å². The van der Waals surface area contributed by atoms with Gasteiger partial charge in [0, 0.05) is 33.4 Å². The topological polar surface area (TPSA) is 43.9 Å². The van der Waals surface area contributed by atoms with Gasteiger partial charge in [0.1, 0.15) is 5.70 Å². The monoisotopic (exact) mass is 411 g/mol. The lowest BCUT2D eigenvalue weighted by atomic mass is 10.0. The summed E-state index contributed by atoms with van der Waals surface area (Å²) >= 11 is 0. The Morgan fingerprint density at radius 2 is 1.39 bits per heavy atom. The van der Waals surface area contributed by atoms with Gasteiger partial charge in [0.25, 0.3) is 11.8 Å². The summed E-state index contributed by atoms with van der Waals surface area (Å²) in [5, 5.41) is 0. The fraction of sp³-hybridized carbons (Fsp3) is 0.154. The van der Waals surface area contributed by atoms with Gasteiger partial charge in [0.2, 0.25) is 0 Å². The van der Waals surface area contributed by atoms with Crippen LogP contribution in [0.3, 0.4) is 0 Å². The molecule has 31 heavy (non-hydrogen) atoms. The predicted molar refractivity (Wildman–Crippen MR) is 125 cm³/mol. The van der Waals surface area contributed by atoms with Gasteiger partial charge in [-0.05, 0) is 29.3 Å². The number of carbonyl (C=O) groups excluding carboxylic acids is 2. The Morgan fingerprint density at radius 1 is 0.742 bits per heavy atom. The van der Waals surface area contributed by atoms with Crippen molar-refractivity contribution >= 4 is 28.8 Å². The van der Waals surface area contributed by atoms with Crippen LogP contribution in [-0.4, -0.2) is 37.9 Å². The van der Waals surface area contributed by atoms with E-state index in [0.29, 0.717) is 23.5 Å². The third-order valence-electron chi connectivity index (χ3n) is 5.37. The van der Waals surface area contributed by atoms with Gasteiger partial charge >= 0.3 is 0 Å². The fourth-order valence-electron chi connectivity index (χ4n) is 3.82. The number of carbonyl (C=O) groups is 2. The van der Waals surface area contributed by atoms with Crippen LogP contribution in [0.25, 0.3) is 5.57 Å². The number of hydrogen-bond acceptors (Lipinski definition) is 4. The molecule has 0 saturated heterocycles. The molecule has 1 heterocycles. The summed E-state index contributed by atoms with van der Waals surface area (Å²) in [7, 11) is 5.72. The first kappa shape index (κ1) is 20.4. The van der Waals surface area contributed by atoms with Crippen LogP contribution in [0.1, 0.15) is 11.1 Å². The summed E-state index contributed by atoms with van der Waals surface area (Å²) in [4.78, 5) is 32.3. The molecule has 3 aromatic carbocycles. The van der Waals surface area contributed by atoms with Crippen LogP contribution in [-0.2, 0) is 16.1 Å². The van der Waals surface area contributed by atoms with Gasteiger partial charge in [-0.25, -0.2) is 4.90 Å². The maximum absolute atomic E-state index is 13.6. The van der Waals surface area contributed by atoms with E-state index in [1.54, 1.807) is 6.07 Å². The molecule has 1 aliphatic heterocycles. The molecule has 3 aromatic rings. The van der Waals surface area contributed by atoms with Crippen LogP contribution >= 0.6 is 0 Å². The number of likely N-dealkylation sites (N-methyl/N-ethyl adjacent to an activating group) is 1. The maximum atomic E-state index is 13.6. The molecular formula is C26H25N3O2. The zero-order valence-corrected chi connectivity index (χ0v) is 17.9. The second-order valence-electron chi connectivity index (χ2n) is 7.79. The lowest BCUT2D eigenvalue weighted by Gasteiger charge is -2.22. The van der Waals surface area contributed by atoms with Gasteiger partial charge in [-0.3, -0.25) is 9.59 Å². The Morgan fingerprint density at radius 3 is 2.03 bits per heavy atom. The zero-order chi connectivity index (χ0) is 22.0. The van der Waals surface area contributed by atoms with Crippen LogP contribution in [0.2, 0.25) is 0 Å². The molecule has 0 aromatic heterocycles. The Kier molecular flexibility index (Phi) is 5.58. The molecule has 0 bridgehead atoms. The molecule has 156 valence electrons. The second kappa shape index (κ2) is 8.48. The van der Waals surface area contributed by atoms with Gasteiger partial charge in [0.05, 0.1) is 11.3 Å². The quantitative estimate of drug-likeness (QED) is 0.571. The zero-order valence-electron chi connectivity index (χ0n) is 17.9. The van der Waals surface area contributed by atoms with Crippen molar-refractivity contribution in [2.75, 3.05) is 30.9 Å². The number of imide groups is 1. The lowest BCUT2D eigenvalue weighted by Crippen LogP contribution is -2.34. The van der Waals surface area contributed by atoms with Crippen molar-refractivity contribution in [3.8, 4) is 0 Å². The van der Waals surface area contributed by atoms with Crippen molar-refractivity contribution in [2.24, 2.45) is 0 Å². The molecule has 5 nitrogen and oxygen atoms in total. The normalized spacial score (nSPS) is 13.7. The predicted octanol–water partition coefficient (Wildman–Crippen LogP) is 4.17. The van der Waals surface area contributed by atoms with E-state index in [9.17, 15) is 9.59 Å². The van der Waals surface area contributed by atoms with Crippen LogP contribution in [0, 0.1) is 0 Å². The largest absolute Gasteiger partial charge is 0.378 e. The van der Waals surface area contributed by atoms with Gasteiger partial charge in [-0.2, -0.15) is 0 Å². The molecule has 0 saturated carbocycles. The summed E-state index contributed by atoms with van der Waals surface area (Å²) in [6, 6.07) is 26.8. The first-order valence-corrected chi connectivity index (χ1v) is 10.2. The minimum Gasteiger partial charge on any atom is -0.378 e. The number of rotatable bonds is 6. The first-order valence-electron chi connectivity index (χ1n) is 10.2. The van der Waals surface area contributed by atoms with E-state index in [0.717, 1.165) is 16.8 Å². The third kappa shape index (κ3) is 3.94. The van der Waals surface area contributed by atoms with E-state index < -0.39 is 0 Å². The molecule has 0 unspecified atom stereocenters. The summed E-state index contributed by atoms with van der Waals surface area (Å²) in [6.45, 7) is 0.525. The van der Waals surface area contributed by atoms with Gasteiger partial charge < -0.3 is 9.80 Å². The van der Waals surface area contributed by atoms with Crippen LogP contribution in [0.5, 0.6) is 0 Å². The standard InChI is InChI=1S/C26H25N3O2/c1-27(2)21-15-10-16-22(17-21)29-25(30)23(20-13-8-5-9-14-20)24(26(29)31)28(3)18-19-11-6-4-7-12-19/h4-17H,18H2,1-3H3. The Labute approximate surface area is 182 Å². The molecule has 0 radical (unpaired) electrons. The molecule has 0 spiro atoms. The van der Waals surface area contributed by atoms with Crippen molar-refractivity contribution in [2.45, 2.75) is 6.54 Å². The van der Waals surface area contributed by atoms with E-state index in [1.165, 1.54) is 4.90 Å². The highest BCUT2D eigenvalue weighted by atomic mass is 16.2. The van der Waals surface area contributed by atoms with Crippen molar-refractivity contribution in [1.29, 1.82) is 0 Å². The maximum Gasteiger partial charge on any atom is 0.282 e. The molecule has 0 N–H and O–H groups in total. The van der Waals surface area contributed by atoms with Crippen LogP contribution < -0.4 is 9.80 Å². The number of benzene rings is 3. The Balaban J connectivity index is 1.78. The smallest absolute Gasteiger partial charge is 0.282 e. The van der Waals surface area contributed by atoms with E-state index in [2.05, 4.69) is 0 Å². The minimum absolute atomic E-state index is 0.304. The molecule has 4 rings (SSSR count). The first-order chi connectivity index (χ1) is 15.0. The van der Waals surface area contributed by atoms with E-state index in [1.807, 2.05) is 110 Å². The molecule has 0 fully saturated rings. The number of amides is 2. The highest BCUT2D eigenvalue weighted by Crippen LogP contribution is 2.35. The average molecular weight is 412 g/mol. The van der Waals surface area contributed by atoms with E-state index in [4.69, 9.17) is 0 Å². The highest BCUT2D eigenvalue weighted by molar-refractivity contribution is 6.45. The summed E-state index contributed by atoms with van der Waals surface area (Å²) in [5.41, 5.74) is 4.14. The SMILES string of the molecule is CN(Cc1ccccc1)C1=C(c2ccccc2)C(=O)N(c2cccc(N(C)C)c2)C1=O.